The smallest absolute Gasteiger partial charge is 0.411 e. The average Bonchev–Trinajstić information content (AvgIpc) is 3.42. The van der Waals surface area contributed by atoms with E-state index in [1.807, 2.05) is 0 Å². The molecule has 1 amide bonds. The van der Waals surface area contributed by atoms with Gasteiger partial charge in [-0.1, -0.05) is 41.0 Å². The zero-order valence-electron chi connectivity index (χ0n) is 30.3. The van der Waals surface area contributed by atoms with E-state index in [1.165, 1.54) is 54.3 Å². The summed E-state index contributed by atoms with van der Waals surface area (Å²) in [6.45, 7) is 1.64. The Morgan fingerprint density at radius 1 is 0.825 bits per heavy atom. The maximum absolute atomic E-state index is 12.6. The number of halogens is 1. The summed E-state index contributed by atoms with van der Waals surface area (Å²) in [6, 6.07) is 22.2. The number of ether oxygens (including phenoxy) is 1. The fourth-order valence-electron chi connectivity index (χ4n) is 5.06. The Labute approximate surface area is 340 Å². The number of nitrogens with zero attached hydrogens (tertiary/aromatic N) is 4. The van der Waals surface area contributed by atoms with E-state index >= 15 is 0 Å². The molecule has 57 heavy (non-hydrogen) atoms. The molecule has 0 atom stereocenters. The summed E-state index contributed by atoms with van der Waals surface area (Å²) >= 11 is 5.96. The van der Waals surface area contributed by atoms with E-state index in [0.717, 1.165) is 12.5 Å². The molecule has 0 bridgehead atoms. The quantitative estimate of drug-likeness (QED) is 0.0771. The fourth-order valence-corrected chi connectivity index (χ4v) is 6.52. The van der Waals surface area contributed by atoms with Crippen LogP contribution >= 0.6 is 11.6 Å². The van der Waals surface area contributed by atoms with Crippen LogP contribution in [0, 0.1) is 6.92 Å². The number of phenolic OH excluding ortho intramolecular Hbond substituents is 3. The molecule has 0 aliphatic heterocycles. The molecule has 0 fully saturated rings. The second kappa shape index (κ2) is 17.8. The van der Waals surface area contributed by atoms with Crippen molar-refractivity contribution in [2.45, 2.75) is 16.7 Å². The number of H-pyrrole nitrogens is 1. The number of rotatable bonds is 8. The molecule has 296 valence electrons. The molecule has 6 aromatic rings. The third kappa shape index (κ3) is 10.4. The second-order valence-electron chi connectivity index (χ2n) is 12.0. The molecule has 6 N–H and O–H groups in total. The van der Waals surface area contributed by atoms with Crippen LogP contribution in [0.4, 0.5) is 33.2 Å². The van der Waals surface area contributed by atoms with Gasteiger partial charge in [-0.05, 0) is 79.0 Å². The molecule has 0 saturated heterocycles. The Hall–Kier alpha value is -6.04. The maximum atomic E-state index is 12.6. The number of hydrogen-bond acceptors (Lipinski definition) is 13. The van der Waals surface area contributed by atoms with Crippen LogP contribution in [-0.4, -0.2) is 67.7 Å². The average molecular weight is 875 g/mol. The third-order valence-corrected chi connectivity index (χ3v) is 10.3. The molecular weight excluding hydrogens is 842 g/mol. The van der Waals surface area contributed by atoms with Crippen LogP contribution in [0.15, 0.2) is 121 Å². The second-order valence-corrected chi connectivity index (χ2v) is 16.4. The maximum Gasteiger partial charge on any atom is 0.411 e. The molecule has 21 heteroatoms. The van der Waals surface area contributed by atoms with Gasteiger partial charge in [-0.3, -0.25) is 15.2 Å². The van der Waals surface area contributed by atoms with Gasteiger partial charge in [0.2, 0.25) is 0 Å². The van der Waals surface area contributed by atoms with Crippen LogP contribution in [0.1, 0.15) is 5.69 Å². The van der Waals surface area contributed by atoms with Crippen molar-refractivity contribution in [2.75, 3.05) is 24.9 Å². The number of aromatic nitrogens is 2. The van der Waals surface area contributed by atoms with Crippen molar-refractivity contribution in [3.05, 3.63) is 112 Å². The minimum absolute atomic E-state index is 0. The monoisotopic (exact) mass is 874 g/mol. The number of nitrogens with one attached hydrogen (secondary N) is 3. The standard InChI is InChI=1S/C19H17N3O6S.C17H15ClN4O4S.Cr/c1-28-19(25)20-13-5-3-4-11-6-8-16(24)18(17(11)13)22-21-14-10-12(29(2,26)27)7-9-15(14)23;1-10-16(17(24)22(21-10)12-5-3-4-11(18)8-12)20-19-14-9-13(27(2,25)26)6-7-15(14)23;/h3-10,23-24H,1-2H3,(H,20,25);3-9,21,23H,1-2H3;/p+1. The van der Waals surface area contributed by atoms with Gasteiger partial charge in [0.25, 0.3) is 11.2 Å². The van der Waals surface area contributed by atoms with Crippen molar-refractivity contribution in [3.63, 3.8) is 0 Å². The van der Waals surface area contributed by atoms with Gasteiger partial charge < -0.3 is 20.1 Å². The SMILES string of the molecule is COC(=O)Nc1cccc2ccc(O)c([NH+]=Nc3cc(S(C)(=O)=O)ccc3O)c12.Cc1[nH]n(-c2cccc(Cl)c2)c(=O)c1N=Nc1cc(S(C)(=O)=O)ccc1O.[Cr]. The number of azo groups is 2. The molecule has 0 spiro atoms. The third-order valence-electron chi connectivity index (χ3n) is 7.85. The summed E-state index contributed by atoms with van der Waals surface area (Å²) in [5.41, 5.74) is 0.948. The van der Waals surface area contributed by atoms with Crippen molar-refractivity contribution in [1.29, 1.82) is 0 Å². The van der Waals surface area contributed by atoms with E-state index < -0.39 is 31.3 Å². The number of hydrogen-bond donors (Lipinski definition) is 6. The van der Waals surface area contributed by atoms with Crippen molar-refractivity contribution < 1.29 is 64.2 Å². The van der Waals surface area contributed by atoms with E-state index in [2.05, 4.69) is 35.6 Å². The minimum Gasteiger partial charge on any atom is -0.506 e. The van der Waals surface area contributed by atoms with E-state index in [4.69, 9.17) is 11.6 Å². The molecule has 0 unspecified atom stereocenters. The number of carbonyl (C=O) groups excluding carboxylic acids is 1. The van der Waals surface area contributed by atoms with Crippen LogP contribution in [0.2, 0.25) is 5.02 Å². The Bertz CT molecular complexity index is 2840. The predicted octanol–water partition coefficient (Wildman–Crippen LogP) is 5.98. The van der Waals surface area contributed by atoms with Gasteiger partial charge in [-0.25, -0.2) is 26.3 Å². The van der Waals surface area contributed by atoms with Gasteiger partial charge >= 0.3 is 6.09 Å². The van der Waals surface area contributed by atoms with Gasteiger partial charge in [-0.2, -0.15) is 0 Å². The van der Waals surface area contributed by atoms with Crippen molar-refractivity contribution in [1.82, 2.24) is 9.78 Å². The van der Waals surface area contributed by atoms with E-state index in [1.54, 1.807) is 55.5 Å². The summed E-state index contributed by atoms with van der Waals surface area (Å²) in [5, 5.41) is 51.7. The van der Waals surface area contributed by atoms with Crippen LogP contribution in [0.5, 0.6) is 17.2 Å². The molecule has 1 heterocycles. The molecule has 1 aromatic heterocycles. The molecule has 5 aromatic carbocycles. The normalized spacial score (nSPS) is 11.6. The molecular formula is C36H33ClCrN7O10S2+. The number of carbonyl (C=O) groups is 1. The van der Waals surface area contributed by atoms with Crippen LogP contribution in [-0.2, 0) is 41.8 Å². The number of phenols is 3. The molecule has 0 radical (unpaired) electrons. The van der Waals surface area contributed by atoms with E-state index in [-0.39, 0.29) is 67.2 Å². The first-order valence-electron chi connectivity index (χ1n) is 16.0. The number of fused-ring (bicyclic) bond motifs is 1. The summed E-state index contributed by atoms with van der Waals surface area (Å²) in [5.74, 6) is -0.675. The number of anilines is 1. The summed E-state index contributed by atoms with van der Waals surface area (Å²) in [4.78, 5) is 24.2. The number of aryl methyl sites for hydroxylation is 1. The Morgan fingerprint density at radius 3 is 2.04 bits per heavy atom. The minimum atomic E-state index is -3.50. The molecule has 0 saturated carbocycles. The van der Waals surface area contributed by atoms with Gasteiger partial charge in [0.05, 0.1) is 39.4 Å². The first-order valence-corrected chi connectivity index (χ1v) is 20.2. The Morgan fingerprint density at radius 2 is 1.42 bits per heavy atom. The van der Waals surface area contributed by atoms with Gasteiger partial charge in [0, 0.05) is 40.0 Å². The number of aromatic amines is 1. The van der Waals surface area contributed by atoms with Crippen molar-refractivity contribution >= 4 is 76.6 Å². The first kappa shape index (κ1) is 43.7. The summed E-state index contributed by atoms with van der Waals surface area (Å²) in [6.07, 6.45) is 1.39. The fraction of sp³-hybridized carbons (Fsp3) is 0.111. The Kier molecular flexibility index (Phi) is 13.7. The summed E-state index contributed by atoms with van der Waals surface area (Å²) in [7, 11) is -5.75. The zero-order valence-corrected chi connectivity index (χ0v) is 33.9. The largest absolute Gasteiger partial charge is 0.506 e. The first-order chi connectivity index (χ1) is 26.4. The van der Waals surface area contributed by atoms with Crippen LogP contribution in [0.25, 0.3) is 16.5 Å². The van der Waals surface area contributed by atoms with Crippen LogP contribution in [0.3, 0.4) is 0 Å². The molecule has 17 nitrogen and oxygen atoms in total. The van der Waals surface area contributed by atoms with Gasteiger partial charge in [-0.15, -0.1) is 10.2 Å². The molecule has 0 aliphatic rings. The summed E-state index contributed by atoms with van der Waals surface area (Å²) < 4.78 is 52.6. The Balaban J connectivity index is 0.000000249. The van der Waals surface area contributed by atoms with E-state index in [9.17, 15) is 41.7 Å². The predicted molar refractivity (Wildman–Crippen MR) is 207 cm³/mol. The topological polar surface area (TPSA) is 256 Å². The number of methoxy groups -OCH3 is 1. The van der Waals surface area contributed by atoms with Crippen molar-refractivity contribution in [2.24, 2.45) is 15.3 Å². The van der Waals surface area contributed by atoms with Crippen LogP contribution < -0.4 is 16.0 Å². The number of benzene rings is 5. The molecule has 6 rings (SSSR count). The van der Waals surface area contributed by atoms with Gasteiger partial charge in [0.15, 0.2) is 36.8 Å². The van der Waals surface area contributed by atoms with E-state index in [0.29, 0.717) is 32.9 Å². The number of sulfone groups is 2. The zero-order chi connectivity index (χ0) is 40.9. The number of aromatic hydroxyl groups is 3. The van der Waals surface area contributed by atoms with Crippen molar-refractivity contribution in [3.8, 4) is 22.9 Å². The number of amides is 1. The molecule has 0 aliphatic carbocycles. The van der Waals surface area contributed by atoms with Gasteiger partial charge in [0.1, 0.15) is 17.2 Å².